The molecule has 2 heterocycles. The van der Waals surface area contributed by atoms with Gasteiger partial charge in [-0.15, -0.1) is 0 Å². The van der Waals surface area contributed by atoms with E-state index in [4.69, 9.17) is 0 Å². The average molecular weight is 791 g/mol. The van der Waals surface area contributed by atoms with Gasteiger partial charge in [-0.05, 0) is 59.7 Å². The van der Waals surface area contributed by atoms with Crippen molar-refractivity contribution in [3.8, 4) is 12.0 Å². The van der Waals surface area contributed by atoms with Crippen LogP contribution in [0.1, 0.15) is 14.0 Å². The van der Waals surface area contributed by atoms with Crippen LogP contribution >= 0.6 is 0 Å². The van der Waals surface area contributed by atoms with Crippen LogP contribution in [0, 0.1) is 0 Å². The Balaban J connectivity index is 0.00000271. The quantitative estimate of drug-likeness (QED) is 0.0364. The summed E-state index contributed by atoms with van der Waals surface area (Å²) in [5, 5.41) is 22.3. The Labute approximate surface area is 355 Å². The van der Waals surface area contributed by atoms with Crippen molar-refractivity contribution in [2.75, 3.05) is 20.9 Å². The van der Waals surface area contributed by atoms with Crippen molar-refractivity contribution in [3.05, 3.63) is 121 Å². The van der Waals surface area contributed by atoms with Crippen LogP contribution in [0.15, 0.2) is 120 Å². The zero-order chi connectivity index (χ0) is 36.9. The summed E-state index contributed by atoms with van der Waals surface area (Å²) in [5.41, 5.74) is 7.17. The smallest absolute Gasteiger partial charge is 1.00 e. The number of para-hydroxylation sites is 2. The molecule has 0 spiro atoms. The Morgan fingerprint density at radius 3 is 1.26 bits per heavy atom. The van der Waals surface area contributed by atoms with Crippen molar-refractivity contribution < 1.29 is 98.1 Å². The molecule has 0 aliphatic rings. The van der Waals surface area contributed by atoms with E-state index in [0.717, 1.165) is 24.8 Å². The molecule has 0 atom stereocenters. The Kier molecular flexibility index (Phi) is 14.0. The summed E-state index contributed by atoms with van der Waals surface area (Å²) in [6.07, 6.45) is 4.54. The number of benzene rings is 4. The molecule has 54 heavy (non-hydrogen) atoms. The summed E-state index contributed by atoms with van der Waals surface area (Å²) in [5.74, 6) is -0.246. The number of nitrogens with zero attached hydrogens (tertiary/aromatic N) is 8. The average Bonchev–Trinajstić information content (AvgIpc) is 3.12. The van der Waals surface area contributed by atoms with E-state index in [2.05, 4.69) is 40.8 Å². The van der Waals surface area contributed by atoms with Gasteiger partial charge in [0.05, 0.1) is 22.7 Å². The fourth-order valence-corrected chi connectivity index (χ4v) is 6.15. The van der Waals surface area contributed by atoms with E-state index in [0.29, 0.717) is 11.4 Å². The number of hydrogen-bond acceptors (Lipinski definition) is 16. The monoisotopic (exact) mass is 790 g/mol. The van der Waals surface area contributed by atoms with Crippen LogP contribution in [-0.4, -0.2) is 66.1 Å². The first-order chi connectivity index (χ1) is 24.8. The molecule has 0 bridgehead atoms. The standard InChI is InChI=1S/C32H26N10O8S2.2Na.2H/c43-31-35-19-33-29(37-31)41(39-23-7-3-1-4-8-23)25-15-13-21(27(17-25)51(45,46)47)11-12-22-14-16-26(18-28(22)52(48,49)50)42(30-34-20-36-32(44)38-30)40-24-9-5-2-6-10-24;;;;/h1-20,39-40H,(H,45,46,47)(H,48,49,50)(H,33,35,37,43)(H,34,36,38,44);;;;/q;2*+1;2*-1. The van der Waals surface area contributed by atoms with Crippen molar-refractivity contribution in [2.45, 2.75) is 9.79 Å². The Hall–Kier alpha value is -4.74. The summed E-state index contributed by atoms with van der Waals surface area (Å²) in [6, 6.07) is 23.9. The van der Waals surface area contributed by atoms with Crippen molar-refractivity contribution in [3.63, 3.8) is 0 Å². The molecule has 0 aliphatic carbocycles. The molecule has 6 rings (SSSR count). The molecule has 0 saturated carbocycles. The van der Waals surface area contributed by atoms with E-state index in [1.165, 1.54) is 46.4 Å². The molecule has 22 heteroatoms. The van der Waals surface area contributed by atoms with Gasteiger partial charge in [-0.25, -0.2) is 10.0 Å². The van der Waals surface area contributed by atoms with Gasteiger partial charge < -0.3 is 13.1 Å². The van der Waals surface area contributed by atoms with Gasteiger partial charge in [0.1, 0.15) is 22.4 Å². The van der Waals surface area contributed by atoms with Crippen LogP contribution in [0.4, 0.5) is 34.6 Å². The number of aromatic nitrogens is 6. The summed E-state index contributed by atoms with van der Waals surface area (Å²) < 4.78 is 71.1. The van der Waals surface area contributed by atoms with Gasteiger partial charge in [-0.3, -0.25) is 20.0 Å². The third kappa shape index (κ3) is 10.5. The maximum atomic E-state index is 12.7. The second-order valence-corrected chi connectivity index (χ2v) is 13.3. The number of nitrogens with one attached hydrogen (secondary N) is 2. The van der Waals surface area contributed by atoms with Gasteiger partial charge in [0.15, 0.2) is 0 Å². The zero-order valence-electron chi connectivity index (χ0n) is 30.4. The largest absolute Gasteiger partial charge is 1.00 e. The maximum absolute atomic E-state index is 12.7. The third-order valence-electron chi connectivity index (χ3n) is 7.03. The van der Waals surface area contributed by atoms with Crippen LogP contribution < -0.4 is 80.0 Å². The molecule has 0 unspecified atom stereocenters. The minimum atomic E-state index is -4.91. The molecule has 2 aromatic heterocycles. The molecule has 4 aromatic carbocycles. The first-order valence-corrected chi connectivity index (χ1v) is 17.6. The van der Waals surface area contributed by atoms with Gasteiger partial charge in [0.25, 0.3) is 32.1 Å². The molecule has 0 amide bonds. The van der Waals surface area contributed by atoms with Crippen molar-refractivity contribution in [1.29, 1.82) is 0 Å². The molecule has 0 aliphatic heterocycles. The van der Waals surface area contributed by atoms with Crippen LogP contribution in [0.3, 0.4) is 0 Å². The second kappa shape index (κ2) is 18.1. The minimum Gasteiger partial charge on any atom is -1.00 e. The van der Waals surface area contributed by atoms with Crippen LogP contribution in [0.5, 0.6) is 12.0 Å². The summed E-state index contributed by atoms with van der Waals surface area (Å²) in [7, 11) is -9.82. The van der Waals surface area contributed by atoms with Gasteiger partial charge in [0.2, 0.25) is 0 Å². The Bertz CT molecular complexity index is 2330. The number of rotatable bonds is 12. The zero-order valence-corrected chi connectivity index (χ0v) is 34.0. The van der Waals surface area contributed by atoms with E-state index >= 15 is 0 Å². The van der Waals surface area contributed by atoms with E-state index < -0.39 is 42.0 Å². The predicted molar refractivity (Wildman–Crippen MR) is 191 cm³/mol. The molecule has 6 N–H and O–H groups in total. The van der Waals surface area contributed by atoms with Gasteiger partial charge in [0, 0.05) is 0 Å². The first-order valence-electron chi connectivity index (χ1n) is 14.8. The predicted octanol–water partition coefficient (Wildman–Crippen LogP) is -1.30. The molecular formula is C32H28N10Na2O8S2. The number of anilines is 6. The van der Waals surface area contributed by atoms with Crippen LogP contribution in [0.2, 0.25) is 0 Å². The fourth-order valence-electron chi connectivity index (χ4n) is 4.74. The Morgan fingerprint density at radius 1 is 0.556 bits per heavy atom. The normalized spacial score (nSPS) is 11.2. The fraction of sp³-hybridized carbons (Fsp3) is 0. The van der Waals surface area contributed by atoms with E-state index in [-0.39, 0.29) is 96.4 Å². The Morgan fingerprint density at radius 2 is 0.926 bits per heavy atom. The van der Waals surface area contributed by atoms with Gasteiger partial charge in [-0.2, -0.15) is 46.7 Å². The molecule has 18 nitrogen and oxygen atoms in total. The molecule has 6 aromatic rings. The van der Waals surface area contributed by atoms with Crippen molar-refractivity contribution in [2.24, 2.45) is 0 Å². The summed E-state index contributed by atoms with van der Waals surface area (Å²) >= 11 is 0. The van der Waals surface area contributed by atoms with E-state index in [1.807, 2.05) is 0 Å². The second-order valence-electron chi connectivity index (χ2n) is 10.5. The van der Waals surface area contributed by atoms with Crippen LogP contribution in [-0.2, 0) is 20.2 Å². The molecule has 0 saturated heterocycles. The summed E-state index contributed by atoms with van der Waals surface area (Å²) in [6.45, 7) is 0. The SMILES string of the molecule is O=S(=O)(O)c1cc(N(Nc2ccccc2)c2ncnc(O)n2)ccc1C=Cc1ccc(N(Nc2ccccc2)c2ncnc(O)n2)cc1S(=O)(=O)O.[H-].[H-].[Na+].[Na+]. The summed E-state index contributed by atoms with van der Waals surface area (Å²) in [4.78, 5) is 21.9. The van der Waals surface area contributed by atoms with Gasteiger partial charge in [-0.1, -0.05) is 60.7 Å². The van der Waals surface area contributed by atoms with Gasteiger partial charge >= 0.3 is 71.1 Å². The number of hydrogen-bond donors (Lipinski definition) is 6. The third-order valence-corrected chi connectivity index (χ3v) is 8.85. The van der Waals surface area contributed by atoms with Crippen LogP contribution in [0.25, 0.3) is 12.2 Å². The minimum absolute atomic E-state index is 0. The molecule has 0 radical (unpaired) electrons. The molecular weight excluding hydrogens is 763 g/mol. The topological polar surface area (TPSA) is 257 Å². The number of hydrazine groups is 2. The maximum Gasteiger partial charge on any atom is 1.00 e. The molecule has 268 valence electrons. The van der Waals surface area contributed by atoms with Crippen molar-refractivity contribution in [1.82, 2.24) is 29.9 Å². The first kappa shape index (κ1) is 42.0. The van der Waals surface area contributed by atoms with Crippen molar-refractivity contribution >= 4 is 67.0 Å². The molecule has 0 fully saturated rings. The number of aromatic hydroxyl groups is 2. The van der Waals surface area contributed by atoms with E-state index in [9.17, 15) is 36.2 Å². The van der Waals surface area contributed by atoms with E-state index in [1.54, 1.807) is 60.7 Å².